The molecule has 0 radical (unpaired) electrons. The molecule has 5 nitrogen and oxygen atoms in total. The van der Waals surface area contributed by atoms with Crippen LogP contribution in [0.15, 0.2) is 76.1 Å². The van der Waals surface area contributed by atoms with Crippen molar-refractivity contribution < 1.29 is 13.2 Å². The minimum atomic E-state index is -3.62. The molecule has 0 saturated carbocycles. The van der Waals surface area contributed by atoms with E-state index in [0.717, 1.165) is 33.3 Å². The first kappa shape index (κ1) is 20.8. The Bertz CT molecular complexity index is 1190. The molecule has 0 aliphatic carbocycles. The lowest BCUT2D eigenvalue weighted by molar-refractivity contribution is 0.0989. The first-order valence-electron chi connectivity index (χ1n) is 9.59. The summed E-state index contributed by atoms with van der Waals surface area (Å²) in [6, 6.07) is 19.8. The summed E-state index contributed by atoms with van der Waals surface area (Å²) < 4.78 is 28.5. The van der Waals surface area contributed by atoms with Crippen LogP contribution in [0.5, 0.6) is 0 Å². The summed E-state index contributed by atoms with van der Waals surface area (Å²) in [6.45, 7) is 2.76. The molecule has 0 saturated heterocycles. The van der Waals surface area contributed by atoms with Gasteiger partial charge in [0.05, 0.1) is 4.90 Å². The quantitative estimate of drug-likeness (QED) is 0.581. The van der Waals surface area contributed by atoms with Gasteiger partial charge in [0.15, 0.2) is 0 Å². The van der Waals surface area contributed by atoms with Crippen molar-refractivity contribution in [3.63, 3.8) is 0 Å². The number of halogens is 1. The SMILES string of the molecule is Cc1ccc(C(=O)N2CCc3ccc(CNS(=O)(=O)c4ccc(Br)cc4)cc32)cc1. The molecule has 0 aromatic heterocycles. The highest BCUT2D eigenvalue weighted by atomic mass is 79.9. The zero-order valence-electron chi connectivity index (χ0n) is 16.4. The van der Waals surface area contributed by atoms with Crippen molar-refractivity contribution in [3.8, 4) is 0 Å². The molecular formula is C23H21BrN2O3S. The van der Waals surface area contributed by atoms with Crippen LogP contribution >= 0.6 is 15.9 Å². The van der Waals surface area contributed by atoms with Crippen molar-refractivity contribution in [3.05, 3.63) is 93.5 Å². The van der Waals surface area contributed by atoms with Crippen molar-refractivity contribution >= 4 is 37.5 Å². The van der Waals surface area contributed by atoms with Crippen LogP contribution in [-0.4, -0.2) is 20.9 Å². The van der Waals surface area contributed by atoms with Crippen LogP contribution in [-0.2, 0) is 23.0 Å². The van der Waals surface area contributed by atoms with Gasteiger partial charge in [0.25, 0.3) is 5.91 Å². The number of hydrogen-bond acceptors (Lipinski definition) is 3. The second-order valence-electron chi connectivity index (χ2n) is 7.31. The van der Waals surface area contributed by atoms with E-state index in [2.05, 4.69) is 20.7 Å². The molecular weight excluding hydrogens is 464 g/mol. The van der Waals surface area contributed by atoms with Crippen molar-refractivity contribution in [2.45, 2.75) is 24.8 Å². The predicted molar refractivity (Wildman–Crippen MR) is 121 cm³/mol. The monoisotopic (exact) mass is 484 g/mol. The van der Waals surface area contributed by atoms with E-state index in [0.29, 0.717) is 12.1 Å². The fraction of sp³-hybridized carbons (Fsp3) is 0.174. The Hall–Kier alpha value is -2.48. The van der Waals surface area contributed by atoms with Crippen LogP contribution < -0.4 is 9.62 Å². The number of carbonyl (C=O) groups excluding carboxylic acids is 1. The van der Waals surface area contributed by atoms with Gasteiger partial charge in [-0.2, -0.15) is 0 Å². The number of hydrogen-bond donors (Lipinski definition) is 1. The normalized spacial score (nSPS) is 13.3. The molecule has 3 aromatic rings. The highest BCUT2D eigenvalue weighted by Crippen LogP contribution is 2.30. The summed E-state index contributed by atoms with van der Waals surface area (Å²) in [5, 5.41) is 0. The number of nitrogens with zero attached hydrogens (tertiary/aromatic N) is 1. The summed E-state index contributed by atoms with van der Waals surface area (Å²) in [7, 11) is -3.62. The van der Waals surface area contributed by atoms with E-state index in [1.807, 2.05) is 49.4 Å². The van der Waals surface area contributed by atoms with Crippen LogP contribution in [0.1, 0.15) is 27.0 Å². The van der Waals surface area contributed by atoms with E-state index in [1.165, 1.54) is 0 Å². The molecule has 0 atom stereocenters. The molecule has 0 fully saturated rings. The van der Waals surface area contributed by atoms with Crippen molar-refractivity contribution in [2.75, 3.05) is 11.4 Å². The van der Waals surface area contributed by atoms with Crippen molar-refractivity contribution in [1.82, 2.24) is 4.72 Å². The minimum absolute atomic E-state index is 0.0404. The maximum Gasteiger partial charge on any atom is 0.258 e. The number of benzene rings is 3. The molecule has 1 N–H and O–H groups in total. The lowest BCUT2D eigenvalue weighted by Crippen LogP contribution is -2.29. The molecule has 1 amide bonds. The smallest absolute Gasteiger partial charge is 0.258 e. The average Bonchev–Trinajstić information content (AvgIpc) is 3.16. The van der Waals surface area contributed by atoms with Gasteiger partial charge in [-0.3, -0.25) is 4.79 Å². The zero-order valence-corrected chi connectivity index (χ0v) is 18.8. The van der Waals surface area contributed by atoms with Crippen LogP contribution in [0.2, 0.25) is 0 Å². The highest BCUT2D eigenvalue weighted by Gasteiger charge is 2.26. The number of nitrogens with one attached hydrogen (secondary N) is 1. The molecule has 30 heavy (non-hydrogen) atoms. The van der Waals surface area contributed by atoms with E-state index in [-0.39, 0.29) is 17.3 Å². The fourth-order valence-corrected chi connectivity index (χ4v) is 4.76. The Morgan fingerprint density at radius 3 is 2.43 bits per heavy atom. The first-order chi connectivity index (χ1) is 14.3. The molecule has 1 aliphatic heterocycles. The Balaban J connectivity index is 1.52. The van der Waals surface area contributed by atoms with Crippen molar-refractivity contribution in [1.29, 1.82) is 0 Å². The molecule has 3 aromatic carbocycles. The van der Waals surface area contributed by atoms with E-state index in [1.54, 1.807) is 29.2 Å². The van der Waals surface area contributed by atoms with Gasteiger partial charge in [-0.15, -0.1) is 0 Å². The predicted octanol–water partition coefficient (Wildman–Crippen LogP) is 4.44. The van der Waals surface area contributed by atoms with Gasteiger partial charge in [-0.05, 0) is 66.9 Å². The van der Waals surface area contributed by atoms with Gasteiger partial charge in [-0.1, -0.05) is 45.8 Å². The molecule has 1 aliphatic rings. The Morgan fingerprint density at radius 1 is 1.03 bits per heavy atom. The standard InChI is InChI=1S/C23H21BrN2O3S/c1-16-2-5-19(6-3-16)23(27)26-13-12-18-7-4-17(14-22(18)26)15-25-30(28,29)21-10-8-20(24)9-11-21/h2-11,14,25H,12-13,15H2,1H3. The molecule has 0 bridgehead atoms. The number of aryl methyl sites for hydroxylation is 1. The molecule has 0 unspecified atom stereocenters. The van der Waals surface area contributed by atoms with Gasteiger partial charge < -0.3 is 4.90 Å². The summed E-state index contributed by atoms with van der Waals surface area (Å²) in [4.78, 5) is 15.0. The molecule has 0 spiro atoms. The van der Waals surface area contributed by atoms with Gasteiger partial charge in [0, 0.05) is 28.8 Å². The van der Waals surface area contributed by atoms with Gasteiger partial charge in [0.2, 0.25) is 10.0 Å². The number of carbonyl (C=O) groups is 1. The third-order valence-corrected chi connectivity index (χ3v) is 7.12. The topological polar surface area (TPSA) is 66.5 Å². The summed E-state index contributed by atoms with van der Waals surface area (Å²) >= 11 is 3.31. The van der Waals surface area contributed by atoms with E-state index < -0.39 is 10.0 Å². The van der Waals surface area contributed by atoms with Crippen molar-refractivity contribution in [2.24, 2.45) is 0 Å². The maximum absolute atomic E-state index is 13.0. The van der Waals surface area contributed by atoms with Gasteiger partial charge >= 0.3 is 0 Å². The summed E-state index contributed by atoms with van der Waals surface area (Å²) in [5.74, 6) is -0.0404. The third-order valence-electron chi connectivity index (χ3n) is 5.18. The average molecular weight is 485 g/mol. The number of amides is 1. The third kappa shape index (κ3) is 4.33. The molecule has 7 heteroatoms. The fourth-order valence-electron chi connectivity index (χ4n) is 3.47. The second-order valence-corrected chi connectivity index (χ2v) is 10.00. The molecule has 4 rings (SSSR count). The molecule has 154 valence electrons. The van der Waals surface area contributed by atoms with Gasteiger partial charge in [0.1, 0.15) is 0 Å². The molecule has 1 heterocycles. The first-order valence-corrected chi connectivity index (χ1v) is 11.9. The van der Waals surface area contributed by atoms with Gasteiger partial charge in [-0.25, -0.2) is 13.1 Å². The lowest BCUT2D eigenvalue weighted by Gasteiger charge is -2.18. The summed E-state index contributed by atoms with van der Waals surface area (Å²) in [5.41, 5.74) is 4.50. The van der Waals surface area contributed by atoms with Crippen LogP contribution in [0, 0.1) is 6.92 Å². The van der Waals surface area contributed by atoms with E-state index >= 15 is 0 Å². The number of fused-ring (bicyclic) bond motifs is 1. The van der Waals surface area contributed by atoms with Crippen LogP contribution in [0.4, 0.5) is 5.69 Å². The maximum atomic E-state index is 13.0. The minimum Gasteiger partial charge on any atom is -0.308 e. The summed E-state index contributed by atoms with van der Waals surface area (Å²) in [6.07, 6.45) is 0.790. The number of rotatable bonds is 5. The van der Waals surface area contributed by atoms with E-state index in [4.69, 9.17) is 0 Å². The second kappa shape index (κ2) is 8.34. The lowest BCUT2D eigenvalue weighted by atomic mass is 10.1. The number of anilines is 1. The highest BCUT2D eigenvalue weighted by molar-refractivity contribution is 9.10. The zero-order chi connectivity index (χ0) is 21.3. The van der Waals surface area contributed by atoms with E-state index in [9.17, 15) is 13.2 Å². The number of sulfonamides is 1. The van der Waals surface area contributed by atoms with Crippen LogP contribution in [0.25, 0.3) is 0 Å². The van der Waals surface area contributed by atoms with Crippen LogP contribution in [0.3, 0.4) is 0 Å². The largest absolute Gasteiger partial charge is 0.308 e. The Morgan fingerprint density at radius 2 is 1.73 bits per heavy atom. The Labute approximate surface area is 184 Å². The Kier molecular flexibility index (Phi) is 5.77.